The van der Waals surface area contributed by atoms with Gasteiger partial charge in [0.05, 0.1) is 11.5 Å². The topological polar surface area (TPSA) is 83.7 Å². The molecule has 0 spiro atoms. The van der Waals surface area contributed by atoms with E-state index in [0.717, 1.165) is 0 Å². The summed E-state index contributed by atoms with van der Waals surface area (Å²) in [6.45, 7) is 2.43. The molecule has 4 rings (SSSR count). The maximum Gasteiger partial charge on any atom is 0.453 e. The average molecular weight is 390 g/mol. The molecule has 0 N–H and O–H groups in total. The molecule has 2 aromatic rings. The Morgan fingerprint density at radius 1 is 1.08 bits per heavy atom. The van der Waals surface area contributed by atoms with Crippen LogP contribution >= 0.6 is 0 Å². The molecule has 0 aliphatic carbocycles. The number of hydrogen-bond donors (Lipinski definition) is 0. The minimum Gasteiger partial charge on any atom is -0.353 e. The molecule has 8 nitrogen and oxygen atoms in total. The molecule has 2 aliphatic rings. The molecule has 2 saturated heterocycles. The summed E-state index contributed by atoms with van der Waals surface area (Å²) in [6.07, 6.45) is -3.99. The van der Waals surface area contributed by atoms with Gasteiger partial charge < -0.3 is 4.90 Å². The molecule has 12 heteroatoms. The Hall–Kier alpha value is -1.95. The second kappa shape index (κ2) is 6.05. The highest BCUT2D eigenvalue weighted by Gasteiger charge is 2.38. The zero-order chi connectivity index (χ0) is 18.5. The first kappa shape index (κ1) is 17.5. The van der Waals surface area contributed by atoms with E-state index in [0.29, 0.717) is 42.9 Å². The van der Waals surface area contributed by atoms with Crippen LogP contribution in [0.3, 0.4) is 0 Å². The van der Waals surface area contributed by atoms with Gasteiger partial charge in [0.25, 0.3) is 5.82 Å². The lowest BCUT2D eigenvalue weighted by Gasteiger charge is -2.38. The monoisotopic (exact) mass is 390 g/mol. The summed E-state index contributed by atoms with van der Waals surface area (Å²) >= 11 is 0. The first-order valence-corrected chi connectivity index (χ1v) is 10.0. The van der Waals surface area contributed by atoms with E-state index in [4.69, 9.17) is 0 Å². The SMILES string of the molecule is O=S1(=O)CC[C@H](N2CCN(c3ccc4nnc(C(F)(F)F)n4n3)CC2)C1. The molecule has 2 fully saturated rings. The van der Waals surface area contributed by atoms with Gasteiger partial charge in [0, 0.05) is 32.2 Å². The Morgan fingerprint density at radius 2 is 1.81 bits per heavy atom. The largest absolute Gasteiger partial charge is 0.453 e. The molecule has 26 heavy (non-hydrogen) atoms. The average Bonchev–Trinajstić information content (AvgIpc) is 3.17. The van der Waals surface area contributed by atoms with Crippen molar-refractivity contribution in [3.05, 3.63) is 18.0 Å². The number of rotatable bonds is 2. The molecule has 0 radical (unpaired) electrons. The van der Waals surface area contributed by atoms with Gasteiger partial charge in [-0.25, -0.2) is 8.42 Å². The fourth-order valence-electron chi connectivity index (χ4n) is 3.50. The molecule has 4 heterocycles. The predicted octanol–water partition coefficient (Wildman–Crippen LogP) is 0.452. The van der Waals surface area contributed by atoms with Crippen molar-refractivity contribution in [2.24, 2.45) is 0 Å². The number of sulfone groups is 1. The summed E-state index contributed by atoms with van der Waals surface area (Å²) in [4.78, 5) is 4.03. The predicted molar refractivity (Wildman–Crippen MR) is 86.6 cm³/mol. The van der Waals surface area contributed by atoms with Crippen molar-refractivity contribution in [2.45, 2.75) is 18.6 Å². The van der Waals surface area contributed by atoms with Crippen LogP contribution in [-0.4, -0.2) is 76.9 Å². The number of hydrogen-bond acceptors (Lipinski definition) is 7. The van der Waals surface area contributed by atoms with E-state index >= 15 is 0 Å². The molecule has 1 atom stereocenters. The van der Waals surface area contributed by atoms with Gasteiger partial charge in [0.1, 0.15) is 5.82 Å². The first-order chi connectivity index (χ1) is 12.2. The van der Waals surface area contributed by atoms with Gasteiger partial charge >= 0.3 is 6.18 Å². The van der Waals surface area contributed by atoms with Crippen LogP contribution in [0.4, 0.5) is 19.0 Å². The van der Waals surface area contributed by atoms with Crippen LogP contribution in [0.2, 0.25) is 0 Å². The van der Waals surface area contributed by atoms with Crippen molar-refractivity contribution >= 4 is 21.3 Å². The van der Waals surface area contributed by atoms with Crippen LogP contribution in [0.25, 0.3) is 5.65 Å². The molecule has 0 saturated carbocycles. The third kappa shape index (κ3) is 3.22. The maximum atomic E-state index is 13.0. The molecule has 0 unspecified atom stereocenters. The summed E-state index contributed by atoms with van der Waals surface area (Å²) in [5.41, 5.74) is 0.0378. The van der Waals surface area contributed by atoms with Gasteiger partial charge in [0.2, 0.25) is 0 Å². The Morgan fingerprint density at radius 3 is 2.42 bits per heavy atom. The summed E-state index contributed by atoms with van der Waals surface area (Å²) < 4.78 is 62.9. The van der Waals surface area contributed by atoms with Crippen molar-refractivity contribution in [1.82, 2.24) is 24.7 Å². The van der Waals surface area contributed by atoms with Crippen LogP contribution in [-0.2, 0) is 16.0 Å². The number of aromatic nitrogens is 4. The normalized spacial score (nSPS) is 24.4. The van der Waals surface area contributed by atoms with Crippen molar-refractivity contribution in [2.75, 3.05) is 42.6 Å². The molecule has 142 valence electrons. The number of alkyl halides is 3. The second-order valence-corrected chi connectivity index (χ2v) is 8.79. The van der Waals surface area contributed by atoms with E-state index in [2.05, 4.69) is 20.2 Å². The van der Waals surface area contributed by atoms with Crippen LogP contribution in [0.15, 0.2) is 12.1 Å². The number of halogens is 3. The Balaban J connectivity index is 1.49. The molecular weight excluding hydrogens is 373 g/mol. The Bertz CT molecular complexity index is 920. The van der Waals surface area contributed by atoms with Crippen LogP contribution in [0.5, 0.6) is 0 Å². The van der Waals surface area contributed by atoms with E-state index < -0.39 is 21.8 Å². The van der Waals surface area contributed by atoms with Crippen molar-refractivity contribution < 1.29 is 21.6 Å². The summed E-state index contributed by atoms with van der Waals surface area (Å²) in [7, 11) is -2.94. The molecular formula is C14H17F3N6O2S. The van der Waals surface area contributed by atoms with Gasteiger partial charge in [-0.3, -0.25) is 4.90 Å². The van der Waals surface area contributed by atoms with Gasteiger partial charge in [-0.05, 0) is 18.6 Å². The highest BCUT2D eigenvalue weighted by molar-refractivity contribution is 7.91. The van der Waals surface area contributed by atoms with E-state index in [1.165, 1.54) is 6.07 Å². The third-order valence-corrected chi connectivity index (χ3v) is 6.62. The van der Waals surface area contributed by atoms with E-state index in [-0.39, 0.29) is 23.2 Å². The second-order valence-electron chi connectivity index (χ2n) is 6.56. The molecule has 0 aromatic carbocycles. The highest BCUT2D eigenvalue weighted by Crippen LogP contribution is 2.28. The first-order valence-electron chi connectivity index (χ1n) is 8.22. The fourth-order valence-corrected chi connectivity index (χ4v) is 5.27. The van der Waals surface area contributed by atoms with E-state index in [1.807, 2.05) is 4.90 Å². The fraction of sp³-hybridized carbons (Fsp3) is 0.643. The smallest absolute Gasteiger partial charge is 0.353 e. The minimum absolute atomic E-state index is 0.0345. The van der Waals surface area contributed by atoms with Crippen LogP contribution in [0, 0.1) is 0 Å². The van der Waals surface area contributed by atoms with Gasteiger partial charge in [-0.1, -0.05) is 0 Å². The Kier molecular flexibility index (Phi) is 4.06. The van der Waals surface area contributed by atoms with Crippen LogP contribution < -0.4 is 4.90 Å². The highest BCUT2D eigenvalue weighted by atomic mass is 32.2. The molecule has 2 aliphatic heterocycles. The zero-order valence-corrected chi connectivity index (χ0v) is 14.5. The molecule has 0 amide bonds. The number of nitrogens with zero attached hydrogens (tertiary/aromatic N) is 6. The number of piperazine rings is 1. The van der Waals surface area contributed by atoms with Gasteiger partial charge in [0.15, 0.2) is 15.5 Å². The molecule has 0 bridgehead atoms. The summed E-state index contributed by atoms with van der Waals surface area (Å²) in [5, 5.41) is 10.7. The van der Waals surface area contributed by atoms with Gasteiger partial charge in [-0.2, -0.15) is 17.7 Å². The van der Waals surface area contributed by atoms with Crippen molar-refractivity contribution in [3.63, 3.8) is 0 Å². The maximum absolute atomic E-state index is 13.0. The number of anilines is 1. The molecule has 2 aromatic heterocycles. The lowest BCUT2D eigenvalue weighted by atomic mass is 10.2. The van der Waals surface area contributed by atoms with E-state index in [1.54, 1.807) is 6.07 Å². The minimum atomic E-state index is -4.63. The van der Waals surface area contributed by atoms with Crippen molar-refractivity contribution in [3.8, 4) is 0 Å². The quantitative estimate of drug-likeness (QED) is 0.736. The standard InChI is InChI=1S/C14H17F3N6O2S/c15-14(16,17)13-19-18-11-1-2-12(20-23(11)13)22-6-4-21(5-7-22)10-3-8-26(24,25)9-10/h1-2,10H,3-9H2/t10-/m0/s1. The number of fused-ring (bicyclic) bond motifs is 1. The van der Waals surface area contributed by atoms with Gasteiger partial charge in [-0.15, -0.1) is 15.3 Å². The lowest BCUT2D eigenvalue weighted by molar-refractivity contribution is -0.146. The lowest BCUT2D eigenvalue weighted by Crippen LogP contribution is -2.51. The summed E-state index contributed by atoms with van der Waals surface area (Å²) in [6, 6.07) is 3.12. The summed E-state index contributed by atoms with van der Waals surface area (Å²) in [5.74, 6) is -0.317. The third-order valence-electron chi connectivity index (χ3n) is 4.87. The van der Waals surface area contributed by atoms with E-state index in [9.17, 15) is 21.6 Å². The van der Waals surface area contributed by atoms with Crippen molar-refractivity contribution in [1.29, 1.82) is 0 Å². The van der Waals surface area contributed by atoms with Crippen LogP contribution in [0.1, 0.15) is 12.2 Å². The zero-order valence-electron chi connectivity index (χ0n) is 13.7. The Labute approximate surface area is 147 Å².